The summed E-state index contributed by atoms with van der Waals surface area (Å²) in [6.45, 7) is 0.147. The van der Waals surface area contributed by atoms with Crippen LogP contribution in [0.2, 0.25) is 5.02 Å². The molecule has 0 radical (unpaired) electrons. The van der Waals surface area contributed by atoms with E-state index in [-0.39, 0.29) is 12.1 Å². The van der Waals surface area contributed by atoms with E-state index in [1.165, 1.54) is 7.11 Å². The van der Waals surface area contributed by atoms with E-state index in [0.717, 1.165) is 10.5 Å². The number of urea groups is 1. The highest BCUT2D eigenvalue weighted by atomic mass is 35.5. The van der Waals surface area contributed by atoms with Gasteiger partial charge >= 0.3 is 6.03 Å². The summed E-state index contributed by atoms with van der Waals surface area (Å²) in [4.78, 5) is 27.4. The van der Waals surface area contributed by atoms with Crippen molar-refractivity contribution in [3.8, 4) is 5.75 Å². The Kier molecular flexibility index (Phi) is 5.54. The summed E-state index contributed by atoms with van der Waals surface area (Å²) in [5.74, 6) is -0.263. The van der Waals surface area contributed by atoms with Gasteiger partial charge in [0.05, 0.1) is 18.5 Å². The van der Waals surface area contributed by atoms with Gasteiger partial charge in [0.15, 0.2) is 0 Å². The summed E-state index contributed by atoms with van der Waals surface area (Å²) in [6, 6.07) is 19.5. The fraction of sp³-hybridized carbons (Fsp3) is 0.130. The summed E-state index contributed by atoms with van der Waals surface area (Å²) < 4.78 is 5.24. The van der Waals surface area contributed by atoms with Gasteiger partial charge in [0.25, 0.3) is 11.6 Å². The number of methoxy groups -OCH3 is 1. The zero-order valence-corrected chi connectivity index (χ0v) is 17.4. The topological polar surface area (TPSA) is 90.9 Å². The maximum Gasteiger partial charge on any atom is 0.329 e. The van der Waals surface area contributed by atoms with Crippen molar-refractivity contribution in [2.75, 3.05) is 17.3 Å². The molecule has 0 saturated heterocycles. The van der Waals surface area contributed by atoms with Crippen LogP contribution >= 0.6 is 11.6 Å². The predicted octanol–water partition coefficient (Wildman–Crippen LogP) is 3.86. The molecular formula is C23H20ClN3O4. The van der Waals surface area contributed by atoms with Crippen LogP contribution < -0.4 is 20.3 Å². The van der Waals surface area contributed by atoms with E-state index in [4.69, 9.17) is 16.3 Å². The maximum atomic E-state index is 13.4. The van der Waals surface area contributed by atoms with Gasteiger partial charge in [0.2, 0.25) is 0 Å². The minimum Gasteiger partial charge on any atom is -0.497 e. The molecule has 4 rings (SSSR count). The lowest BCUT2D eigenvalue weighted by atomic mass is 9.94. The highest BCUT2D eigenvalue weighted by Gasteiger charge is 2.51. The summed E-state index contributed by atoms with van der Waals surface area (Å²) in [5.41, 5.74) is -0.572. The van der Waals surface area contributed by atoms with E-state index < -0.39 is 17.7 Å². The third-order valence-corrected chi connectivity index (χ3v) is 5.32. The highest BCUT2D eigenvalue weighted by molar-refractivity contribution is 6.30. The molecule has 0 saturated carbocycles. The van der Waals surface area contributed by atoms with E-state index >= 15 is 0 Å². The average molecular weight is 438 g/mol. The van der Waals surface area contributed by atoms with Crippen molar-refractivity contribution in [3.63, 3.8) is 0 Å². The van der Waals surface area contributed by atoms with E-state index in [9.17, 15) is 14.7 Å². The molecule has 0 spiro atoms. The number of carbonyl (C=O) groups excluding carboxylic acids is 2. The Labute approximate surface area is 184 Å². The first kappa shape index (κ1) is 20.7. The molecule has 0 aliphatic carbocycles. The third kappa shape index (κ3) is 3.81. The zero-order chi connectivity index (χ0) is 22.0. The fourth-order valence-corrected chi connectivity index (χ4v) is 3.65. The van der Waals surface area contributed by atoms with Crippen molar-refractivity contribution in [1.82, 2.24) is 5.32 Å². The minimum atomic E-state index is -2.28. The zero-order valence-electron chi connectivity index (χ0n) is 16.6. The van der Waals surface area contributed by atoms with E-state index in [2.05, 4.69) is 10.6 Å². The molecule has 1 heterocycles. The second-order valence-corrected chi connectivity index (χ2v) is 7.43. The Morgan fingerprint density at radius 1 is 1.13 bits per heavy atom. The Morgan fingerprint density at radius 3 is 2.61 bits per heavy atom. The van der Waals surface area contributed by atoms with Crippen LogP contribution in [0.5, 0.6) is 5.75 Å². The van der Waals surface area contributed by atoms with Crippen molar-refractivity contribution in [2.45, 2.75) is 12.3 Å². The van der Waals surface area contributed by atoms with Crippen LogP contribution in [0.25, 0.3) is 0 Å². The lowest BCUT2D eigenvalue weighted by Crippen LogP contribution is -2.62. The minimum absolute atomic E-state index is 0.147. The molecule has 1 unspecified atom stereocenters. The molecular weight excluding hydrogens is 418 g/mol. The second kappa shape index (κ2) is 8.29. The van der Waals surface area contributed by atoms with E-state index in [1.807, 2.05) is 0 Å². The van der Waals surface area contributed by atoms with Gasteiger partial charge in [-0.1, -0.05) is 48.0 Å². The maximum absolute atomic E-state index is 13.4. The quantitative estimate of drug-likeness (QED) is 0.565. The molecule has 0 aromatic heterocycles. The van der Waals surface area contributed by atoms with Gasteiger partial charge < -0.3 is 20.5 Å². The molecule has 31 heavy (non-hydrogen) atoms. The standard InChI is InChI=1S/C23H20ClN3O4/c1-31-18-6-4-5-17(13-18)27-22(29)26-20-8-3-2-7-19(20)23(27,30)21(28)25-14-15-9-11-16(24)12-10-15/h2-13,30H,14H2,1H3,(H,25,28)(H,26,29). The number of rotatable bonds is 5. The second-order valence-electron chi connectivity index (χ2n) is 6.99. The van der Waals surface area contributed by atoms with Crippen molar-refractivity contribution in [3.05, 3.63) is 88.9 Å². The van der Waals surface area contributed by atoms with Gasteiger partial charge in [0.1, 0.15) is 5.75 Å². The molecule has 1 aliphatic heterocycles. The molecule has 7 nitrogen and oxygen atoms in total. The number of hydrogen-bond acceptors (Lipinski definition) is 4. The molecule has 158 valence electrons. The Bertz CT molecular complexity index is 1140. The number of ether oxygens (including phenoxy) is 1. The lowest BCUT2D eigenvalue weighted by molar-refractivity contribution is -0.140. The molecule has 0 fully saturated rings. The first-order valence-corrected chi connectivity index (χ1v) is 9.91. The summed E-state index contributed by atoms with van der Waals surface area (Å²) in [7, 11) is 1.50. The van der Waals surface area contributed by atoms with Crippen LogP contribution in [-0.2, 0) is 17.1 Å². The van der Waals surface area contributed by atoms with Crippen molar-refractivity contribution in [2.24, 2.45) is 0 Å². The van der Waals surface area contributed by atoms with Crippen LogP contribution in [0.4, 0.5) is 16.2 Å². The van der Waals surface area contributed by atoms with Gasteiger partial charge in [-0.25, -0.2) is 4.79 Å². The summed E-state index contributed by atoms with van der Waals surface area (Å²) >= 11 is 5.91. The normalized spacial score (nSPS) is 17.5. The number of nitrogens with zero attached hydrogens (tertiary/aromatic N) is 1. The van der Waals surface area contributed by atoms with Crippen molar-refractivity contribution in [1.29, 1.82) is 0 Å². The molecule has 3 amide bonds. The van der Waals surface area contributed by atoms with Crippen LogP contribution in [0.15, 0.2) is 72.8 Å². The Hall–Kier alpha value is -3.55. The Balaban J connectivity index is 1.75. The number of aliphatic hydroxyl groups is 1. The molecule has 3 N–H and O–H groups in total. The van der Waals surface area contributed by atoms with Crippen molar-refractivity contribution >= 4 is 34.9 Å². The van der Waals surface area contributed by atoms with Crippen LogP contribution in [0, 0.1) is 0 Å². The van der Waals surface area contributed by atoms with Crippen LogP contribution in [0.1, 0.15) is 11.1 Å². The number of carbonyl (C=O) groups is 2. The third-order valence-electron chi connectivity index (χ3n) is 5.07. The number of hydrogen-bond donors (Lipinski definition) is 3. The number of halogens is 1. The monoisotopic (exact) mass is 437 g/mol. The summed E-state index contributed by atoms with van der Waals surface area (Å²) in [5, 5.41) is 17.8. The molecule has 1 atom stereocenters. The number of para-hydroxylation sites is 1. The van der Waals surface area contributed by atoms with Gasteiger partial charge in [-0.3, -0.25) is 9.69 Å². The fourth-order valence-electron chi connectivity index (χ4n) is 3.52. The highest BCUT2D eigenvalue weighted by Crippen LogP contribution is 2.40. The lowest BCUT2D eigenvalue weighted by Gasteiger charge is -2.42. The molecule has 0 bridgehead atoms. The van der Waals surface area contributed by atoms with Crippen LogP contribution in [0.3, 0.4) is 0 Å². The number of amides is 3. The van der Waals surface area contributed by atoms with Crippen molar-refractivity contribution < 1.29 is 19.4 Å². The first-order chi connectivity index (χ1) is 14.9. The largest absolute Gasteiger partial charge is 0.497 e. The smallest absolute Gasteiger partial charge is 0.329 e. The number of fused-ring (bicyclic) bond motifs is 1. The molecule has 3 aromatic carbocycles. The average Bonchev–Trinajstić information content (AvgIpc) is 2.78. The molecule has 8 heteroatoms. The molecule has 3 aromatic rings. The van der Waals surface area contributed by atoms with E-state index in [1.54, 1.807) is 72.8 Å². The van der Waals surface area contributed by atoms with E-state index in [0.29, 0.717) is 22.1 Å². The van der Waals surface area contributed by atoms with Gasteiger partial charge in [0, 0.05) is 23.2 Å². The van der Waals surface area contributed by atoms with Gasteiger partial charge in [-0.2, -0.15) is 0 Å². The van der Waals surface area contributed by atoms with Gasteiger partial charge in [-0.15, -0.1) is 0 Å². The number of benzene rings is 3. The summed E-state index contributed by atoms with van der Waals surface area (Å²) in [6.07, 6.45) is 0. The number of anilines is 2. The van der Waals surface area contributed by atoms with Crippen LogP contribution in [-0.4, -0.2) is 24.2 Å². The predicted molar refractivity (Wildman–Crippen MR) is 118 cm³/mol. The SMILES string of the molecule is COc1cccc(N2C(=O)Nc3ccccc3C2(O)C(=O)NCc2ccc(Cl)cc2)c1. The number of nitrogens with one attached hydrogen (secondary N) is 2. The first-order valence-electron chi connectivity index (χ1n) is 9.53. The Morgan fingerprint density at radius 2 is 1.87 bits per heavy atom. The van der Waals surface area contributed by atoms with Gasteiger partial charge in [-0.05, 0) is 35.9 Å². The molecule has 1 aliphatic rings.